The van der Waals surface area contributed by atoms with E-state index in [9.17, 15) is 4.39 Å². The van der Waals surface area contributed by atoms with Crippen LogP contribution in [0.4, 0.5) is 4.39 Å². The molecule has 1 rings (SSSR count). The summed E-state index contributed by atoms with van der Waals surface area (Å²) in [7, 11) is 0. The van der Waals surface area contributed by atoms with Gasteiger partial charge in [0.25, 0.3) is 0 Å². The van der Waals surface area contributed by atoms with Crippen molar-refractivity contribution in [2.45, 2.75) is 6.42 Å². The van der Waals surface area contributed by atoms with Crippen molar-refractivity contribution in [1.29, 1.82) is 0 Å². The minimum Gasteiger partial charge on any atom is -0.330 e. The van der Waals surface area contributed by atoms with Crippen molar-refractivity contribution in [3.05, 3.63) is 41.7 Å². The maximum absolute atomic E-state index is 12.6. The molecule has 0 bridgehead atoms. The van der Waals surface area contributed by atoms with Gasteiger partial charge in [-0.2, -0.15) is 0 Å². The summed E-state index contributed by atoms with van der Waals surface area (Å²) < 4.78 is 12.6. The van der Waals surface area contributed by atoms with Crippen molar-refractivity contribution >= 4 is 6.08 Å². The van der Waals surface area contributed by atoms with Crippen LogP contribution < -0.4 is 5.73 Å². The number of hydrogen-bond donors (Lipinski definition) is 1. The fraction of sp³-hybridized carbons (Fsp3) is 0.200. The van der Waals surface area contributed by atoms with Gasteiger partial charge in [-0.15, -0.1) is 0 Å². The second kappa shape index (κ2) is 4.67. The van der Waals surface area contributed by atoms with Crippen LogP contribution in [0, 0.1) is 5.82 Å². The van der Waals surface area contributed by atoms with Gasteiger partial charge in [-0.25, -0.2) is 4.39 Å². The van der Waals surface area contributed by atoms with E-state index in [0.29, 0.717) is 6.54 Å². The first-order valence-corrected chi connectivity index (χ1v) is 3.95. The van der Waals surface area contributed by atoms with Crippen LogP contribution in [0.3, 0.4) is 0 Å². The molecular weight excluding hydrogens is 153 g/mol. The summed E-state index contributed by atoms with van der Waals surface area (Å²) in [5, 5.41) is 0. The van der Waals surface area contributed by atoms with Crippen LogP contribution in [-0.4, -0.2) is 6.54 Å². The molecule has 1 nitrogen and oxygen atoms in total. The van der Waals surface area contributed by atoms with Crippen molar-refractivity contribution in [3.8, 4) is 0 Å². The first-order chi connectivity index (χ1) is 5.83. The smallest absolute Gasteiger partial charge is 0.123 e. The highest BCUT2D eigenvalue weighted by Crippen LogP contribution is 2.05. The van der Waals surface area contributed by atoms with Crippen LogP contribution in [0.25, 0.3) is 6.08 Å². The fourth-order valence-electron chi connectivity index (χ4n) is 0.926. The van der Waals surface area contributed by atoms with E-state index in [1.54, 1.807) is 6.07 Å². The van der Waals surface area contributed by atoms with Gasteiger partial charge < -0.3 is 5.73 Å². The fourth-order valence-corrected chi connectivity index (χ4v) is 0.926. The normalized spacial score (nSPS) is 10.8. The van der Waals surface area contributed by atoms with Gasteiger partial charge in [0.05, 0.1) is 0 Å². The van der Waals surface area contributed by atoms with Crippen molar-refractivity contribution in [2.75, 3.05) is 6.54 Å². The molecule has 1 aromatic rings. The molecule has 0 saturated heterocycles. The highest BCUT2D eigenvalue weighted by Gasteiger charge is 1.88. The quantitative estimate of drug-likeness (QED) is 0.730. The van der Waals surface area contributed by atoms with E-state index in [-0.39, 0.29) is 5.82 Å². The average molecular weight is 165 g/mol. The zero-order chi connectivity index (χ0) is 8.81. The molecule has 0 radical (unpaired) electrons. The van der Waals surface area contributed by atoms with Crippen LogP contribution in [0.15, 0.2) is 30.3 Å². The molecule has 0 amide bonds. The SMILES string of the molecule is NCC/C=C/c1cccc(F)c1. The van der Waals surface area contributed by atoms with Gasteiger partial charge in [0, 0.05) is 0 Å². The van der Waals surface area contributed by atoms with Gasteiger partial charge in [0.1, 0.15) is 5.82 Å². The summed E-state index contributed by atoms with van der Waals surface area (Å²) in [6.07, 6.45) is 4.64. The first-order valence-electron chi connectivity index (χ1n) is 3.95. The van der Waals surface area contributed by atoms with Crippen molar-refractivity contribution in [1.82, 2.24) is 0 Å². The van der Waals surface area contributed by atoms with Crippen LogP contribution in [0.1, 0.15) is 12.0 Å². The molecular formula is C10H12FN. The molecule has 0 fully saturated rings. The molecule has 0 unspecified atom stereocenters. The van der Waals surface area contributed by atoms with Crippen molar-refractivity contribution in [2.24, 2.45) is 5.73 Å². The van der Waals surface area contributed by atoms with Crippen LogP contribution in [0.2, 0.25) is 0 Å². The predicted molar refractivity (Wildman–Crippen MR) is 49.1 cm³/mol. The van der Waals surface area contributed by atoms with E-state index in [2.05, 4.69) is 0 Å². The van der Waals surface area contributed by atoms with E-state index in [0.717, 1.165) is 12.0 Å². The molecule has 0 aromatic heterocycles. The molecule has 2 N–H and O–H groups in total. The third-order valence-electron chi connectivity index (χ3n) is 1.49. The van der Waals surface area contributed by atoms with E-state index >= 15 is 0 Å². The summed E-state index contributed by atoms with van der Waals surface area (Å²) in [5.74, 6) is -0.204. The maximum Gasteiger partial charge on any atom is 0.123 e. The molecule has 0 saturated carbocycles. The molecule has 0 heterocycles. The number of rotatable bonds is 3. The zero-order valence-corrected chi connectivity index (χ0v) is 6.83. The Hall–Kier alpha value is -1.15. The number of nitrogens with two attached hydrogens (primary N) is 1. The molecule has 0 spiro atoms. The summed E-state index contributed by atoms with van der Waals surface area (Å²) in [6, 6.07) is 6.47. The van der Waals surface area contributed by atoms with Gasteiger partial charge in [0.2, 0.25) is 0 Å². The number of halogens is 1. The molecule has 12 heavy (non-hydrogen) atoms. The largest absolute Gasteiger partial charge is 0.330 e. The van der Waals surface area contributed by atoms with Gasteiger partial charge in [-0.05, 0) is 30.7 Å². The van der Waals surface area contributed by atoms with Crippen LogP contribution in [-0.2, 0) is 0 Å². The lowest BCUT2D eigenvalue weighted by atomic mass is 10.2. The molecule has 0 aliphatic heterocycles. The van der Waals surface area contributed by atoms with Crippen molar-refractivity contribution < 1.29 is 4.39 Å². The third-order valence-corrected chi connectivity index (χ3v) is 1.49. The Morgan fingerprint density at radius 3 is 2.92 bits per heavy atom. The van der Waals surface area contributed by atoms with Crippen LogP contribution >= 0.6 is 0 Å². The Bertz CT molecular complexity index is 268. The third kappa shape index (κ3) is 2.84. The van der Waals surface area contributed by atoms with Gasteiger partial charge in [0.15, 0.2) is 0 Å². The summed E-state index contributed by atoms with van der Waals surface area (Å²) in [5.41, 5.74) is 6.18. The van der Waals surface area contributed by atoms with Gasteiger partial charge in [-0.3, -0.25) is 0 Å². The van der Waals surface area contributed by atoms with Gasteiger partial charge >= 0.3 is 0 Å². The lowest BCUT2D eigenvalue weighted by Crippen LogP contribution is -1.94. The lowest BCUT2D eigenvalue weighted by molar-refractivity contribution is 0.627. The van der Waals surface area contributed by atoms with Crippen molar-refractivity contribution in [3.63, 3.8) is 0 Å². The average Bonchev–Trinajstić information content (AvgIpc) is 2.05. The number of hydrogen-bond acceptors (Lipinski definition) is 1. The Morgan fingerprint density at radius 2 is 2.25 bits per heavy atom. The van der Waals surface area contributed by atoms with Gasteiger partial charge in [-0.1, -0.05) is 24.3 Å². The highest BCUT2D eigenvalue weighted by atomic mass is 19.1. The van der Waals surface area contributed by atoms with E-state index in [4.69, 9.17) is 5.73 Å². The topological polar surface area (TPSA) is 26.0 Å². The summed E-state index contributed by atoms with van der Waals surface area (Å²) >= 11 is 0. The zero-order valence-electron chi connectivity index (χ0n) is 6.83. The monoisotopic (exact) mass is 165 g/mol. The minimum atomic E-state index is -0.204. The summed E-state index contributed by atoms with van der Waals surface area (Å²) in [6.45, 7) is 0.631. The Labute approximate surface area is 71.7 Å². The highest BCUT2D eigenvalue weighted by molar-refractivity contribution is 5.48. The predicted octanol–water partition coefficient (Wildman–Crippen LogP) is 2.19. The molecule has 0 aliphatic carbocycles. The van der Waals surface area contributed by atoms with Crippen LogP contribution in [0.5, 0.6) is 0 Å². The maximum atomic E-state index is 12.6. The van der Waals surface area contributed by atoms with E-state index < -0.39 is 0 Å². The van der Waals surface area contributed by atoms with E-state index in [1.165, 1.54) is 12.1 Å². The Balaban J connectivity index is 2.63. The minimum absolute atomic E-state index is 0.204. The first kappa shape index (κ1) is 8.94. The molecule has 64 valence electrons. The molecule has 2 heteroatoms. The lowest BCUT2D eigenvalue weighted by Gasteiger charge is -1.92. The molecule has 1 aromatic carbocycles. The second-order valence-corrected chi connectivity index (χ2v) is 2.53. The molecule has 0 aliphatic rings. The Morgan fingerprint density at radius 1 is 1.42 bits per heavy atom. The molecule has 0 atom stereocenters. The standard InChI is InChI=1S/C10H12FN/c11-10-6-3-5-9(8-10)4-1-2-7-12/h1,3-6,8H,2,7,12H2/b4-1+. The summed E-state index contributed by atoms with van der Waals surface area (Å²) in [4.78, 5) is 0. The Kier molecular flexibility index (Phi) is 3.48. The second-order valence-electron chi connectivity index (χ2n) is 2.53. The van der Waals surface area contributed by atoms with E-state index in [1.807, 2.05) is 18.2 Å². The number of benzene rings is 1.